The predicted octanol–water partition coefficient (Wildman–Crippen LogP) is 8.15. The molecule has 1 radical (unpaired) electrons. The summed E-state index contributed by atoms with van der Waals surface area (Å²) in [5.74, 6) is 0. The molecular weight excluding hydrogens is 579 g/mol. The minimum absolute atomic E-state index is 0. The molecule has 2 aromatic heterocycles. The number of benzene rings is 4. The van der Waals surface area contributed by atoms with Gasteiger partial charge in [0.15, 0.2) is 0 Å². The molecule has 0 unspecified atom stereocenters. The summed E-state index contributed by atoms with van der Waals surface area (Å²) >= 11 is 0. The van der Waals surface area contributed by atoms with E-state index in [1.165, 1.54) is 6.92 Å². The van der Waals surface area contributed by atoms with E-state index in [4.69, 9.17) is 5.26 Å². The molecule has 5 nitrogen and oxygen atoms in total. The summed E-state index contributed by atoms with van der Waals surface area (Å²) in [6.07, 6.45) is 3.23. The van der Waals surface area contributed by atoms with Crippen molar-refractivity contribution in [2.45, 2.75) is 6.92 Å². The Balaban J connectivity index is 0.000000197. The van der Waals surface area contributed by atoms with E-state index in [1.54, 1.807) is 18.7 Å². The normalized spacial score (nSPS) is 9.40. The van der Waals surface area contributed by atoms with E-state index in [1.807, 2.05) is 84.9 Å². The topological polar surface area (TPSA) is 75.3 Å². The molecule has 0 N–H and O–H groups in total. The van der Waals surface area contributed by atoms with Crippen molar-refractivity contribution < 1.29 is 19.5 Å². The maximum Gasteiger partial charge on any atom is 3.00 e. The maximum absolute atomic E-state index is 7.32. The minimum Gasteiger partial charge on any atom is -0.236 e. The van der Waals surface area contributed by atoms with Gasteiger partial charge in [-0.15, -0.1) is 0 Å². The summed E-state index contributed by atoms with van der Waals surface area (Å²) in [7, 11) is 0. The summed E-state index contributed by atoms with van der Waals surface area (Å²) in [6, 6.07) is 46.3. The summed E-state index contributed by atoms with van der Waals surface area (Å²) < 4.78 is 0. The first kappa shape index (κ1) is 29.7. The van der Waals surface area contributed by atoms with Crippen LogP contribution in [-0.4, -0.2) is 19.9 Å². The van der Waals surface area contributed by atoms with Gasteiger partial charge in [-0.2, -0.15) is 5.26 Å². The first-order valence-corrected chi connectivity index (χ1v) is 12.4. The third-order valence-electron chi connectivity index (χ3n) is 5.61. The van der Waals surface area contributed by atoms with Crippen LogP contribution in [-0.2, 0) is 19.5 Å². The zero-order valence-corrected chi connectivity index (χ0v) is 23.7. The molecular formula is C34H27N5Ru+3. The molecule has 4 aromatic carbocycles. The third-order valence-corrected chi connectivity index (χ3v) is 5.61. The molecule has 0 fully saturated rings. The van der Waals surface area contributed by atoms with Crippen LogP contribution >= 0.6 is 0 Å². The molecule has 0 bridgehead atoms. The van der Waals surface area contributed by atoms with Crippen molar-refractivity contribution >= 4 is 0 Å². The Morgan fingerprint density at radius 1 is 0.425 bits per heavy atom. The number of nitrogens with zero attached hydrogens (tertiary/aromatic N) is 5. The standard InChI is InChI=1S/2C16H12N2.C2H3N.Ru/c2*1-3-7-13(8-4-1)15-11-16(18-12-17-15)14-9-5-2-6-10-14;1-2-3;/h2*1-12H;1H3;/q;;;+3. The molecule has 0 aliphatic rings. The second kappa shape index (κ2) is 16.2. The Morgan fingerprint density at radius 3 is 0.825 bits per heavy atom. The third kappa shape index (κ3) is 8.59. The Hall–Kier alpha value is -4.85. The monoisotopic (exact) mass is 607 g/mol. The van der Waals surface area contributed by atoms with Crippen molar-refractivity contribution in [3.8, 4) is 51.1 Å². The van der Waals surface area contributed by atoms with E-state index in [2.05, 4.69) is 68.5 Å². The van der Waals surface area contributed by atoms with Gasteiger partial charge in [0.25, 0.3) is 0 Å². The average Bonchev–Trinajstić information content (AvgIpc) is 3.04. The molecule has 0 saturated heterocycles. The minimum atomic E-state index is 0. The van der Waals surface area contributed by atoms with E-state index in [0.29, 0.717) is 0 Å². The van der Waals surface area contributed by atoms with Gasteiger partial charge in [-0.05, 0) is 12.1 Å². The number of nitriles is 1. The van der Waals surface area contributed by atoms with Crippen LogP contribution in [0.25, 0.3) is 45.0 Å². The largest absolute Gasteiger partial charge is 3.00 e. The molecule has 2 heterocycles. The van der Waals surface area contributed by atoms with Crippen LogP contribution in [0.5, 0.6) is 0 Å². The smallest absolute Gasteiger partial charge is 0.236 e. The van der Waals surface area contributed by atoms with Gasteiger partial charge in [0.2, 0.25) is 0 Å². The first-order chi connectivity index (χ1) is 19.3. The van der Waals surface area contributed by atoms with E-state index in [-0.39, 0.29) is 19.5 Å². The summed E-state index contributed by atoms with van der Waals surface area (Å²) in [4.78, 5) is 17.3. The quantitative estimate of drug-likeness (QED) is 0.189. The van der Waals surface area contributed by atoms with Gasteiger partial charge in [-0.3, -0.25) is 0 Å². The van der Waals surface area contributed by atoms with Crippen molar-refractivity contribution in [2.75, 3.05) is 0 Å². The fourth-order valence-electron chi connectivity index (χ4n) is 3.78. The predicted molar refractivity (Wildman–Crippen MR) is 157 cm³/mol. The molecule has 0 atom stereocenters. The van der Waals surface area contributed by atoms with Crippen molar-refractivity contribution in [1.29, 1.82) is 5.26 Å². The SMILES string of the molecule is CC#N.[Ru+3].c1ccc(-c2cc(-c3ccccc3)ncn2)cc1.c1ccc(-c2cc(-c3ccccc3)ncn2)cc1. The molecule has 193 valence electrons. The molecule has 0 aliphatic carbocycles. The van der Waals surface area contributed by atoms with Crippen LogP contribution in [0.15, 0.2) is 146 Å². The summed E-state index contributed by atoms with van der Waals surface area (Å²) in [5, 5.41) is 7.32. The van der Waals surface area contributed by atoms with Crippen molar-refractivity contribution in [2.24, 2.45) is 0 Å². The Kier molecular flexibility index (Phi) is 12.0. The van der Waals surface area contributed by atoms with Crippen molar-refractivity contribution in [3.05, 3.63) is 146 Å². The van der Waals surface area contributed by atoms with Crippen LogP contribution < -0.4 is 0 Å². The van der Waals surface area contributed by atoms with Crippen LogP contribution in [0.1, 0.15) is 6.92 Å². The van der Waals surface area contributed by atoms with E-state index < -0.39 is 0 Å². The first-order valence-electron chi connectivity index (χ1n) is 12.4. The molecule has 40 heavy (non-hydrogen) atoms. The fourth-order valence-corrected chi connectivity index (χ4v) is 3.78. The molecule has 0 aliphatic heterocycles. The summed E-state index contributed by atoms with van der Waals surface area (Å²) in [5.41, 5.74) is 8.23. The maximum atomic E-state index is 7.32. The summed E-state index contributed by atoms with van der Waals surface area (Å²) in [6.45, 7) is 1.43. The van der Waals surface area contributed by atoms with E-state index in [9.17, 15) is 0 Å². The number of hydrogen-bond donors (Lipinski definition) is 0. The van der Waals surface area contributed by atoms with Crippen LogP contribution in [0.4, 0.5) is 0 Å². The molecule has 0 amide bonds. The van der Waals surface area contributed by atoms with Gasteiger partial charge in [-0.25, -0.2) is 19.9 Å². The van der Waals surface area contributed by atoms with E-state index in [0.717, 1.165) is 45.0 Å². The van der Waals surface area contributed by atoms with Gasteiger partial charge in [0, 0.05) is 29.2 Å². The number of aromatic nitrogens is 4. The number of rotatable bonds is 4. The molecule has 6 rings (SSSR count). The van der Waals surface area contributed by atoms with Gasteiger partial charge >= 0.3 is 19.5 Å². The van der Waals surface area contributed by atoms with Crippen molar-refractivity contribution in [3.63, 3.8) is 0 Å². The number of hydrogen-bond acceptors (Lipinski definition) is 5. The fraction of sp³-hybridized carbons (Fsp3) is 0.0294. The van der Waals surface area contributed by atoms with Crippen LogP contribution in [0.3, 0.4) is 0 Å². The molecule has 6 heteroatoms. The molecule has 0 saturated carbocycles. The zero-order valence-electron chi connectivity index (χ0n) is 21.9. The van der Waals surface area contributed by atoms with Crippen LogP contribution in [0.2, 0.25) is 0 Å². The Bertz CT molecular complexity index is 1380. The average molecular weight is 607 g/mol. The van der Waals surface area contributed by atoms with E-state index >= 15 is 0 Å². The van der Waals surface area contributed by atoms with Gasteiger partial charge < -0.3 is 0 Å². The zero-order chi connectivity index (χ0) is 27.1. The second-order valence-corrected chi connectivity index (χ2v) is 8.26. The molecule has 6 aromatic rings. The molecule has 0 spiro atoms. The van der Waals surface area contributed by atoms with Gasteiger partial charge in [0.1, 0.15) is 12.7 Å². The Labute approximate surface area is 248 Å². The van der Waals surface area contributed by atoms with Crippen LogP contribution in [0, 0.1) is 11.3 Å². The Morgan fingerprint density at radius 2 is 0.625 bits per heavy atom. The van der Waals surface area contributed by atoms with Gasteiger partial charge in [-0.1, -0.05) is 121 Å². The second-order valence-electron chi connectivity index (χ2n) is 8.26. The van der Waals surface area contributed by atoms with Gasteiger partial charge in [0.05, 0.1) is 28.8 Å². The van der Waals surface area contributed by atoms with Crippen molar-refractivity contribution in [1.82, 2.24) is 19.9 Å².